The second-order valence-electron chi connectivity index (χ2n) is 5.95. The number of aliphatic imine (C=N–C) groups is 1. The highest BCUT2D eigenvalue weighted by Gasteiger charge is 2.23. The molecule has 3 heteroatoms. The first kappa shape index (κ1) is 13.9. The van der Waals surface area contributed by atoms with Gasteiger partial charge in [-0.2, -0.15) is 0 Å². The lowest BCUT2D eigenvalue weighted by atomic mass is 9.80. The minimum Gasteiger partial charge on any atom is -0.370 e. The molecule has 1 aliphatic rings. The average Bonchev–Trinajstić information content (AvgIpc) is 2.36. The van der Waals surface area contributed by atoms with Crippen LogP contribution in [0.25, 0.3) is 0 Å². The molecular formula is C16H25N3. The summed E-state index contributed by atoms with van der Waals surface area (Å²) in [7, 11) is 0. The van der Waals surface area contributed by atoms with E-state index >= 15 is 0 Å². The number of hydrogen-bond donors (Lipinski definition) is 2. The van der Waals surface area contributed by atoms with E-state index in [1.54, 1.807) is 0 Å². The van der Waals surface area contributed by atoms with Crippen LogP contribution in [-0.4, -0.2) is 12.0 Å². The summed E-state index contributed by atoms with van der Waals surface area (Å²) >= 11 is 0. The van der Waals surface area contributed by atoms with E-state index in [0.717, 1.165) is 11.8 Å². The number of hydrogen-bond acceptors (Lipinski definition) is 1. The third kappa shape index (κ3) is 4.58. The molecule has 0 amide bonds. The molecular weight excluding hydrogens is 234 g/mol. The Morgan fingerprint density at radius 3 is 2.42 bits per heavy atom. The van der Waals surface area contributed by atoms with Gasteiger partial charge in [0.2, 0.25) is 0 Å². The molecule has 19 heavy (non-hydrogen) atoms. The second kappa shape index (κ2) is 6.60. The fourth-order valence-electron chi connectivity index (χ4n) is 3.08. The smallest absolute Gasteiger partial charge is 0.189 e. The Hall–Kier alpha value is -1.51. The molecule has 0 spiro atoms. The first-order chi connectivity index (χ1) is 9.13. The minimum atomic E-state index is 0.485. The third-order valence-electron chi connectivity index (χ3n) is 3.81. The fourth-order valence-corrected chi connectivity index (χ4v) is 3.08. The first-order valence-corrected chi connectivity index (χ1v) is 7.24. The molecule has 1 saturated carbocycles. The lowest BCUT2D eigenvalue weighted by molar-refractivity contribution is 0.255. The van der Waals surface area contributed by atoms with Gasteiger partial charge in [0, 0.05) is 6.04 Å². The first-order valence-electron chi connectivity index (χ1n) is 7.24. The maximum atomic E-state index is 5.98. The number of nitrogens with two attached hydrogens (primary N) is 1. The van der Waals surface area contributed by atoms with Gasteiger partial charge in [-0.05, 0) is 36.7 Å². The monoisotopic (exact) mass is 259 g/mol. The lowest BCUT2D eigenvalue weighted by Gasteiger charge is -2.32. The molecule has 0 aromatic heterocycles. The molecule has 0 saturated heterocycles. The standard InChI is InChI=1S/C16H25N3/c1-12-8-13(2)10-15(9-12)19-16(17)18-11-14-6-4-3-5-7-14/h3-7,12-13,15H,8-11H2,1-2H3,(H3,17,18,19). The topological polar surface area (TPSA) is 50.4 Å². The molecule has 3 nitrogen and oxygen atoms in total. The summed E-state index contributed by atoms with van der Waals surface area (Å²) in [5.41, 5.74) is 7.17. The zero-order valence-electron chi connectivity index (χ0n) is 12.0. The van der Waals surface area contributed by atoms with Crippen molar-refractivity contribution in [1.82, 2.24) is 5.32 Å². The molecule has 1 aromatic carbocycles. The average molecular weight is 259 g/mol. The largest absolute Gasteiger partial charge is 0.370 e. The van der Waals surface area contributed by atoms with Gasteiger partial charge >= 0.3 is 0 Å². The van der Waals surface area contributed by atoms with E-state index in [-0.39, 0.29) is 0 Å². The van der Waals surface area contributed by atoms with Crippen LogP contribution in [0.2, 0.25) is 0 Å². The normalized spacial score (nSPS) is 28.1. The van der Waals surface area contributed by atoms with Gasteiger partial charge in [0.15, 0.2) is 5.96 Å². The minimum absolute atomic E-state index is 0.485. The predicted molar refractivity (Wildman–Crippen MR) is 80.9 cm³/mol. The summed E-state index contributed by atoms with van der Waals surface area (Å²) in [4.78, 5) is 4.42. The molecule has 0 heterocycles. The molecule has 1 aromatic rings. The zero-order valence-corrected chi connectivity index (χ0v) is 12.0. The molecule has 2 atom stereocenters. The zero-order chi connectivity index (χ0) is 13.7. The van der Waals surface area contributed by atoms with Crippen LogP contribution in [-0.2, 0) is 6.54 Å². The SMILES string of the molecule is CC1CC(C)CC(NC(N)=NCc2ccccc2)C1. The Bertz CT molecular complexity index is 403. The summed E-state index contributed by atoms with van der Waals surface area (Å²) in [6, 6.07) is 10.7. The van der Waals surface area contributed by atoms with Gasteiger partial charge in [0.1, 0.15) is 0 Å². The van der Waals surface area contributed by atoms with E-state index in [9.17, 15) is 0 Å². The maximum Gasteiger partial charge on any atom is 0.189 e. The van der Waals surface area contributed by atoms with Crippen molar-refractivity contribution in [2.75, 3.05) is 0 Å². The van der Waals surface area contributed by atoms with Crippen molar-refractivity contribution in [2.45, 2.75) is 45.7 Å². The Labute approximate surface area is 116 Å². The molecule has 0 aliphatic heterocycles. The summed E-state index contributed by atoms with van der Waals surface area (Å²) in [5, 5.41) is 3.38. The maximum absolute atomic E-state index is 5.98. The van der Waals surface area contributed by atoms with Gasteiger partial charge in [-0.3, -0.25) is 0 Å². The molecule has 0 bridgehead atoms. The van der Waals surface area contributed by atoms with Crippen LogP contribution < -0.4 is 11.1 Å². The second-order valence-corrected chi connectivity index (χ2v) is 5.95. The highest BCUT2D eigenvalue weighted by Crippen LogP contribution is 2.28. The van der Waals surface area contributed by atoms with Gasteiger partial charge in [0.25, 0.3) is 0 Å². The van der Waals surface area contributed by atoms with E-state index in [1.807, 2.05) is 18.2 Å². The van der Waals surface area contributed by atoms with Crippen LogP contribution in [0.4, 0.5) is 0 Å². The van der Waals surface area contributed by atoms with Crippen molar-refractivity contribution in [3.05, 3.63) is 35.9 Å². The number of rotatable bonds is 3. The van der Waals surface area contributed by atoms with E-state index in [2.05, 4.69) is 36.3 Å². The van der Waals surface area contributed by atoms with Crippen molar-refractivity contribution in [2.24, 2.45) is 22.6 Å². The van der Waals surface area contributed by atoms with Crippen LogP contribution >= 0.6 is 0 Å². The van der Waals surface area contributed by atoms with Gasteiger partial charge in [-0.25, -0.2) is 4.99 Å². The van der Waals surface area contributed by atoms with Gasteiger partial charge in [-0.1, -0.05) is 44.2 Å². The number of nitrogens with zero attached hydrogens (tertiary/aromatic N) is 1. The highest BCUT2D eigenvalue weighted by atomic mass is 15.1. The van der Waals surface area contributed by atoms with Crippen molar-refractivity contribution < 1.29 is 0 Å². The summed E-state index contributed by atoms with van der Waals surface area (Å²) < 4.78 is 0. The van der Waals surface area contributed by atoms with E-state index < -0.39 is 0 Å². The van der Waals surface area contributed by atoms with Crippen molar-refractivity contribution in [3.63, 3.8) is 0 Å². The van der Waals surface area contributed by atoms with Crippen LogP contribution in [0.5, 0.6) is 0 Å². The van der Waals surface area contributed by atoms with Crippen LogP contribution in [0.3, 0.4) is 0 Å². The summed E-state index contributed by atoms with van der Waals surface area (Å²) in [5.74, 6) is 2.14. The molecule has 1 fully saturated rings. The molecule has 2 unspecified atom stereocenters. The number of nitrogens with one attached hydrogen (secondary N) is 1. The van der Waals surface area contributed by atoms with Gasteiger partial charge in [0.05, 0.1) is 6.54 Å². The molecule has 1 aliphatic carbocycles. The van der Waals surface area contributed by atoms with E-state index in [1.165, 1.54) is 24.8 Å². The molecule has 104 valence electrons. The fraction of sp³-hybridized carbons (Fsp3) is 0.562. The van der Waals surface area contributed by atoms with Crippen molar-refractivity contribution >= 4 is 5.96 Å². The molecule has 0 radical (unpaired) electrons. The van der Waals surface area contributed by atoms with Crippen LogP contribution in [0.15, 0.2) is 35.3 Å². The Kier molecular flexibility index (Phi) is 4.83. The highest BCUT2D eigenvalue weighted by molar-refractivity contribution is 5.78. The van der Waals surface area contributed by atoms with Crippen molar-refractivity contribution in [1.29, 1.82) is 0 Å². The van der Waals surface area contributed by atoms with Gasteiger partial charge < -0.3 is 11.1 Å². The lowest BCUT2D eigenvalue weighted by Crippen LogP contribution is -2.43. The van der Waals surface area contributed by atoms with Crippen LogP contribution in [0.1, 0.15) is 38.7 Å². The van der Waals surface area contributed by atoms with Crippen LogP contribution in [0, 0.1) is 11.8 Å². The van der Waals surface area contributed by atoms with Crippen molar-refractivity contribution in [3.8, 4) is 0 Å². The summed E-state index contributed by atoms with van der Waals surface area (Å²) in [6.07, 6.45) is 3.73. The quantitative estimate of drug-likeness (QED) is 0.648. The Morgan fingerprint density at radius 2 is 1.79 bits per heavy atom. The van der Waals surface area contributed by atoms with Gasteiger partial charge in [-0.15, -0.1) is 0 Å². The summed E-state index contributed by atoms with van der Waals surface area (Å²) in [6.45, 7) is 5.29. The third-order valence-corrected chi connectivity index (χ3v) is 3.81. The number of guanidine groups is 1. The Balaban J connectivity index is 1.84. The van der Waals surface area contributed by atoms with E-state index in [0.29, 0.717) is 18.5 Å². The number of benzene rings is 1. The molecule has 3 N–H and O–H groups in total. The predicted octanol–water partition coefficient (Wildman–Crippen LogP) is 2.92. The Morgan fingerprint density at radius 1 is 1.16 bits per heavy atom. The molecule has 2 rings (SSSR count). The van der Waals surface area contributed by atoms with E-state index in [4.69, 9.17) is 5.73 Å².